The van der Waals surface area contributed by atoms with Crippen LogP contribution in [0.5, 0.6) is 0 Å². The Bertz CT molecular complexity index is 973. The number of carbonyl (C=O) groups excluding carboxylic acids is 1. The summed E-state index contributed by atoms with van der Waals surface area (Å²) >= 11 is 1.67. The number of primary amides is 1. The zero-order valence-corrected chi connectivity index (χ0v) is 15.5. The Morgan fingerprint density at radius 3 is 2.85 bits per heavy atom. The van der Waals surface area contributed by atoms with Gasteiger partial charge in [0.25, 0.3) is 5.91 Å². The lowest BCUT2D eigenvalue weighted by atomic mass is 9.91. The van der Waals surface area contributed by atoms with Crippen LogP contribution < -0.4 is 22.1 Å². The predicted molar refractivity (Wildman–Crippen MR) is 107 cm³/mol. The van der Waals surface area contributed by atoms with Gasteiger partial charge in [-0.2, -0.15) is 4.98 Å². The molecule has 0 bridgehead atoms. The van der Waals surface area contributed by atoms with Crippen LogP contribution in [0.3, 0.4) is 0 Å². The lowest BCUT2D eigenvalue weighted by Crippen LogP contribution is -2.43. The molecule has 0 unspecified atom stereocenters. The summed E-state index contributed by atoms with van der Waals surface area (Å²) in [5.74, 6) is -0.0737. The Kier molecular flexibility index (Phi) is 4.87. The van der Waals surface area contributed by atoms with E-state index in [4.69, 9.17) is 11.5 Å². The van der Waals surface area contributed by atoms with Crippen LogP contribution in [0.25, 0.3) is 10.1 Å². The van der Waals surface area contributed by atoms with E-state index in [2.05, 4.69) is 25.8 Å². The smallest absolute Gasteiger partial charge is 0.273 e. The van der Waals surface area contributed by atoms with Gasteiger partial charge in [0.05, 0.1) is 0 Å². The fourth-order valence-corrected chi connectivity index (χ4v) is 4.10. The number of rotatable bonds is 5. The molecule has 1 aliphatic rings. The third-order valence-corrected chi connectivity index (χ3v) is 5.67. The molecule has 140 valence electrons. The van der Waals surface area contributed by atoms with Crippen LogP contribution in [0, 0.1) is 0 Å². The van der Waals surface area contributed by atoms with Gasteiger partial charge in [0.2, 0.25) is 5.95 Å². The molecule has 1 aromatic carbocycles. The lowest BCUT2D eigenvalue weighted by molar-refractivity contribution is 0.0995. The standard InChI is InChI=1S/C18H21N7OS/c19-12-3-1-2-4-13(12)22-18-23-17(15(16(20)26)24-25-18)21-11-5-6-14-10(9-11)7-8-27-14/h5-9,12-13H,1-4,19H2,(H2,20,26)(H2,21,22,23,25)/t12-,13-/m0/s1. The van der Waals surface area contributed by atoms with Crippen LogP contribution in [0.15, 0.2) is 29.6 Å². The number of benzene rings is 1. The van der Waals surface area contributed by atoms with Gasteiger partial charge < -0.3 is 22.1 Å². The average molecular weight is 383 g/mol. The monoisotopic (exact) mass is 383 g/mol. The van der Waals surface area contributed by atoms with E-state index in [1.54, 1.807) is 11.3 Å². The molecule has 0 aliphatic heterocycles. The van der Waals surface area contributed by atoms with E-state index in [-0.39, 0.29) is 23.6 Å². The second-order valence-corrected chi connectivity index (χ2v) is 7.64. The summed E-state index contributed by atoms with van der Waals surface area (Å²) in [6.07, 6.45) is 4.18. The van der Waals surface area contributed by atoms with Crippen molar-refractivity contribution in [3.8, 4) is 0 Å². The minimum atomic E-state index is -0.685. The quantitative estimate of drug-likeness (QED) is 0.532. The second-order valence-electron chi connectivity index (χ2n) is 6.69. The molecule has 0 radical (unpaired) electrons. The summed E-state index contributed by atoms with van der Waals surface area (Å²) in [6.45, 7) is 0. The number of nitrogens with two attached hydrogens (primary N) is 2. The molecule has 9 heteroatoms. The van der Waals surface area contributed by atoms with Crippen molar-refractivity contribution in [2.24, 2.45) is 11.5 Å². The van der Waals surface area contributed by atoms with Gasteiger partial charge in [-0.05, 0) is 47.9 Å². The number of nitrogens with zero attached hydrogens (tertiary/aromatic N) is 3. The van der Waals surface area contributed by atoms with E-state index in [0.717, 1.165) is 36.8 Å². The summed E-state index contributed by atoms with van der Waals surface area (Å²) in [4.78, 5) is 16.2. The van der Waals surface area contributed by atoms with Crippen LogP contribution in [-0.2, 0) is 0 Å². The zero-order valence-electron chi connectivity index (χ0n) is 14.7. The molecule has 3 aromatic rings. The van der Waals surface area contributed by atoms with E-state index >= 15 is 0 Å². The van der Waals surface area contributed by atoms with Crippen molar-refractivity contribution in [3.05, 3.63) is 35.3 Å². The van der Waals surface area contributed by atoms with Crippen molar-refractivity contribution in [1.82, 2.24) is 15.2 Å². The molecule has 0 saturated heterocycles. The summed E-state index contributed by atoms with van der Waals surface area (Å²) < 4.78 is 1.19. The summed E-state index contributed by atoms with van der Waals surface area (Å²) in [5.41, 5.74) is 12.4. The first-order valence-corrected chi connectivity index (χ1v) is 9.79. The Morgan fingerprint density at radius 1 is 1.19 bits per heavy atom. The van der Waals surface area contributed by atoms with Gasteiger partial charge in [0.15, 0.2) is 11.5 Å². The van der Waals surface area contributed by atoms with Crippen LogP contribution >= 0.6 is 11.3 Å². The fourth-order valence-electron chi connectivity index (χ4n) is 3.33. The summed E-state index contributed by atoms with van der Waals surface area (Å²) in [5, 5.41) is 17.5. The SMILES string of the molecule is NC(=O)c1nnc(N[C@H]2CCCC[C@@H]2N)nc1Nc1ccc2sccc2c1. The van der Waals surface area contributed by atoms with Crippen molar-refractivity contribution >= 4 is 44.8 Å². The van der Waals surface area contributed by atoms with Crippen molar-refractivity contribution in [2.75, 3.05) is 10.6 Å². The molecule has 8 nitrogen and oxygen atoms in total. The predicted octanol–water partition coefficient (Wildman–Crippen LogP) is 2.61. The van der Waals surface area contributed by atoms with Gasteiger partial charge in [0, 0.05) is 22.5 Å². The van der Waals surface area contributed by atoms with Gasteiger partial charge in [-0.25, -0.2) is 0 Å². The second kappa shape index (κ2) is 7.45. The van der Waals surface area contributed by atoms with Crippen LogP contribution in [0.1, 0.15) is 36.2 Å². The number of nitrogens with one attached hydrogen (secondary N) is 2. The molecule has 2 heterocycles. The van der Waals surface area contributed by atoms with Gasteiger partial charge in [0.1, 0.15) is 0 Å². The number of hydrogen-bond donors (Lipinski definition) is 4. The number of hydrogen-bond acceptors (Lipinski definition) is 8. The highest BCUT2D eigenvalue weighted by molar-refractivity contribution is 7.17. The lowest BCUT2D eigenvalue weighted by Gasteiger charge is -2.29. The first-order valence-electron chi connectivity index (χ1n) is 8.91. The largest absolute Gasteiger partial charge is 0.364 e. The minimum Gasteiger partial charge on any atom is -0.364 e. The topological polar surface area (TPSA) is 132 Å². The maximum Gasteiger partial charge on any atom is 0.273 e. The zero-order chi connectivity index (χ0) is 18.8. The number of aromatic nitrogens is 3. The third kappa shape index (κ3) is 3.83. The van der Waals surface area contributed by atoms with E-state index in [1.807, 2.05) is 29.6 Å². The first-order chi connectivity index (χ1) is 13.1. The molecule has 1 aliphatic carbocycles. The van der Waals surface area contributed by atoms with Crippen molar-refractivity contribution in [1.29, 1.82) is 0 Å². The Labute approximate surface area is 160 Å². The number of amides is 1. The normalized spacial score (nSPS) is 19.7. The van der Waals surface area contributed by atoms with Gasteiger partial charge >= 0.3 is 0 Å². The average Bonchev–Trinajstić information content (AvgIpc) is 3.11. The molecule has 1 saturated carbocycles. The maximum atomic E-state index is 11.7. The highest BCUT2D eigenvalue weighted by Crippen LogP contribution is 2.27. The molecule has 2 aromatic heterocycles. The molecule has 1 amide bonds. The van der Waals surface area contributed by atoms with E-state index in [1.165, 1.54) is 4.70 Å². The Hall–Kier alpha value is -2.78. The molecular weight excluding hydrogens is 362 g/mol. The number of fused-ring (bicyclic) bond motifs is 1. The Morgan fingerprint density at radius 2 is 2.04 bits per heavy atom. The summed E-state index contributed by atoms with van der Waals surface area (Å²) in [6, 6.07) is 8.11. The van der Waals surface area contributed by atoms with E-state index in [9.17, 15) is 4.79 Å². The fraction of sp³-hybridized carbons (Fsp3) is 0.333. The van der Waals surface area contributed by atoms with Crippen molar-refractivity contribution in [3.63, 3.8) is 0 Å². The van der Waals surface area contributed by atoms with Crippen LogP contribution in [0.4, 0.5) is 17.5 Å². The minimum absolute atomic E-state index is 0.00101. The van der Waals surface area contributed by atoms with E-state index < -0.39 is 5.91 Å². The summed E-state index contributed by atoms with van der Waals surface area (Å²) in [7, 11) is 0. The Balaban J connectivity index is 1.61. The third-order valence-electron chi connectivity index (χ3n) is 4.77. The van der Waals surface area contributed by atoms with Crippen molar-refractivity contribution < 1.29 is 4.79 Å². The highest BCUT2D eigenvalue weighted by atomic mass is 32.1. The number of anilines is 3. The number of carbonyl (C=O) groups is 1. The molecular formula is C18H21N7OS. The molecule has 4 rings (SSSR count). The first kappa shape index (κ1) is 17.6. The molecule has 27 heavy (non-hydrogen) atoms. The molecule has 1 fully saturated rings. The van der Waals surface area contributed by atoms with Gasteiger partial charge in [-0.15, -0.1) is 21.5 Å². The van der Waals surface area contributed by atoms with Gasteiger partial charge in [-0.3, -0.25) is 4.79 Å². The highest BCUT2D eigenvalue weighted by Gasteiger charge is 2.23. The maximum absolute atomic E-state index is 11.7. The number of thiophene rings is 1. The van der Waals surface area contributed by atoms with E-state index in [0.29, 0.717) is 5.95 Å². The van der Waals surface area contributed by atoms with Crippen LogP contribution in [0.2, 0.25) is 0 Å². The van der Waals surface area contributed by atoms with Crippen molar-refractivity contribution in [2.45, 2.75) is 37.8 Å². The molecule has 0 spiro atoms. The molecule has 6 N–H and O–H groups in total. The molecule has 2 atom stereocenters. The van der Waals surface area contributed by atoms with Gasteiger partial charge in [-0.1, -0.05) is 12.8 Å². The van der Waals surface area contributed by atoms with Crippen LogP contribution in [-0.4, -0.2) is 33.2 Å².